The number of rotatable bonds is 6. The lowest BCUT2D eigenvalue weighted by molar-refractivity contribution is 0.0597. The third-order valence-electron chi connectivity index (χ3n) is 3.51. The molecule has 0 fully saturated rings. The standard InChI is InChI=1S/C16H14ClF2N5O3S/c1-9(16(2,18)19)23-28(26,27)12-8-24(3)14(13(12)17)15(25)22-10-4-5-21-11(6-10)7-20/h4-6,8,23H,1H2,2-3H3,(H,21,22,25). The molecule has 2 aromatic heterocycles. The number of anilines is 1. The van der Waals surface area contributed by atoms with E-state index in [4.69, 9.17) is 16.9 Å². The highest BCUT2D eigenvalue weighted by molar-refractivity contribution is 7.89. The Morgan fingerprint density at radius 1 is 1.46 bits per heavy atom. The minimum absolute atomic E-state index is 0.0576. The summed E-state index contributed by atoms with van der Waals surface area (Å²) in [5.41, 5.74) is -0.983. The lowest BCUT2D eigenvalue weighted by atomic mass is 10.3. The molecular formula is C16H14ClF2N5O3S. The zero-order valence-corrected chi connectivity index (χ0v) is 16.2. The number of hydrogen-bond donors (Lipinski definition) is 2. The first-order chi connectivity index (χ1) is 12.9. The van der Waals surface area contributed by atoms with Crippen molar-refractivity contribution in [2.75, 3.05) is 5.32 Å². The van der Waals surface area contributed by atoms with Gasteiger partial charge in [-0.3, -0.25) is 9.52 Å². The summed E-state index contributed by atoms with van der Waals surface area (Å²) in [6, 6.07) is 4.53. The van der Waals surface area contributed by atoms with E-state index >= 15 is 0 Å². The molecule has 0 bridgehead atoms. The van der Waals surface area contributed by atoms with Crippen LogP contribution in [0.25, 0.3) is 0 Å². The number of pyridine rings is 1. The average molecular weight is 430 g/mol. The van der Waals surface area contributed by atoms with E-state index in [2.05, 4.69) is 16.9 Å². The van der Waals surface area contributed by atoms with Gasteiger partial charge in [-0.1, -0.05) is 18.2 Å². The van der Waals surface area contributed by atoms with Crippen molar-refractivity contribution in [2.45, 2.75) is 17.7 Å². The van der Waals surface area contributed by atoms with E-state index in [0.717, 1.165) is 10.8 Å². The molecule has 2 heterocycles. The van der Waals surface area contributed by atoms with Gasteiger partial charge in [0.25, 0.3) is 21.9 Å². The first-order valence-corrected chi connectivity index (χ1v) is 9.35. The maximum Gasteiger partial charge on any atom is 0.284 e. The van der Waals surface area contributed by atoms with Crippen LogP contribution in [0.1, 0.15) is 23.1 Å². The van der Waals surface area contributed by atoms with Crippen LogP contribution in [-0.4, -0.2) is 29.8 Å². The molecule has 0 saturated heterocycles. The summed E-state index contributed by atoms with van der Waals surface area (Å²) >= 11 is 6.05. The fourth-order valence-corrected chi connectivity index (χ4v) is 3.90. The molecule has 1 amide bonds. The first-order valence-electron chi connectivity index (χ1n) is 7.49. The summed E-state index contributed by atoms with van der Waals surface area (Å²) in [6.45, 7) is 3.48. The van der Waals surface area contributed by atoms with Gasteiger partial charge in [-0.2, -0.15) is 5.26 Å². The Bertz CT molecular complexity index is 1100. The van der Waals surface area contributed by atoms with E-state index in [9.17, 15) is 22.0 Å². The molecule has 28 heavy (non-hydrogen) atoms. The topological polar surface area (TPSA) is 117 Å². The minimum atomic E-state index is -4.51. The Morgan fingerprint density at radius 2 is 2.11 bits per heavy atom. The highest BCUT2D eigenvalue weighted by Gasteiger charge is 2.33. The van der Waals surface area contributed by atoms with Gasteiger partial charge in [0.2, 0.25) is 0 Å². The van der Waals surface area contributed by atoms with Gasteiger partial charge in [0.1, 0.15) is 22.4 Å². The molecule has 2 aromatic rings. The van der Waals surface area contributed by atoms with Gasteiger partial charge in [0, 0.05) is 32.1 Å². The predicted octanol–water partition coefficient (Wildman–Crippen LogP) is 2.64. The molecule has 0 saturated carbocycles. The highest BCUT2D eigenvalue weighted by atomic mass is 35.5. The summed E-state index contributed by atoms with van der Waals surface area (Å²) in [4.78, 5) is 15.7. The molecule has 0 aromatic carbocycles. The van der Waals surface area contributed by atoms with Crippen LogP contribution < -0.4 is 10.0 Å². The second-order valence-electron chi connectivity index (χ2n) is 5.73. The number of nitrogens with one attached hydrogen (secondary N) is 2. The van der Waals surface area contributed by atoms with Crippen molar-refractivity contribution >= 4 is 33.2 Å². The molecule has 0 aliphatic carbocycles. The second-order valence-corrected chi connectivity index (χ2v) is 7.76. The van der Waals surface area contributed by atoms with Gasteiger partial charge >= 0.3 is 0 Å². The highest BCUT2D eigenvalue weighted by Crippen LogP contribution is 2.29. The number of aromatic nitrogens is 2. The smallest absolute Gasteiger partial charge is 0.284 e. The number of hydrogen-bond acceptors (Lipinski definition) is 5. The third-order valence-corrected chi connectivity index (χ3v) is 5.41. The molecule has 2 N–H and O–H groups in total. The molecule has 0 spiro atoms. The third kappa shape index (κ3) is 4.47. The van der Waals surface area contributed by atoms with E-state index in [0.29, 0.717) is 6.92 Å². The number of carbonyl (C=O) groups excluding carboxylic acids is 1. The van der Waals surface area contributed by atoms with Crippen molar-refractivity contribution in [3.8, 4) is 6.07 Å². The lowest BCUT2D eigenvalue weighted by Gasteiger charge is -2.15. The van der Waals surface area contributed by atoms with E-state index in [1.807, 2.05) is 0 Å². The average Bonchev–Trinajstić information content (AvgIpc) is 2.89. The molecule has 0 radical (unpaired) electrons. The number of halogens is 3. The maximum absolute atomic E-state index is 13.2. The number of aryl methyl sites for hydroxylation is 1. The monoisotopic (exact) mass is 429 g/mol. The van der Waals surface area contributed by atoms with Crippen LogP contribution in [0.3, 0.4) is 0 Å². The van der Waals surface area contributed by atoms with Gasteiger partial charge in [-0.15, -0.1) is 0 Å². The van der Waals surface area contributed by atoms with Crippen molar-refractivity contribution < 1.29 is 22.0 Å². The Morgan fingerprint density at radius 3 is 2.68 bits per heavy atom. The van der Waals surface area contributed by atoms with Crippen molar-refractivity contribution in [3.05, 3.63) is 53.2 Å². The van der Waals surface area contributed by atoms with Gasteiger partial charge < -0.3 is 9.88 Å². The van der Waals surface area contributed by atoms with Gasteiger partial charge in [-0.05, 0) is 12.1 Å². The first kappa shape index (κ1) is 21.3. The Balaban J connectivity index is 2.36. The molecule has 12 heteroatoms. The zero-order chi connectivity index (χ0) is 21.3. The van der Waals surface area contributed by atoms with Crippen LogP contribution in [0.15, 0.2) is 41.7 Å². The van der Waals surface area contributed by atoms with Gasteiger partial charge in [0.05, 0.1) is 10.7 Å². The van der Waals surface area contributed by atoms with E-state index < -0.39 is 37.5 Å². The number of nitrogens with zero attached hydrogens (tertiary/aromatic N) is 3. The van der Waals surface area contributed by atoms with Crippen molar-refractivity contribution in [2.24, 2.45) is 7.05 Å². The number of allylic oxidation sites excluding steroid dienone is 1. The Kier molecular flexibility index (Phi) is 5.77. The van der Waals surface area contributed by atoms with Crippen molar-refractivity contribution in [3.63, 3.8) is 0 Å². The SMILES string of the molecule is C=C(NS(=O)(=O)c1cn(C)c(C(=O)Nc2ccnc(C#N)c2)c1Cl)C(C)(F)F. The number of amides is 1. The van der Waals surface area contributed by atoms with Gasteiger partial charge in [-0.25, -0.2) is 22.2 Å². The molecule has 148 valence electrons. The number of carbonyl (C=O) groups is 1. The summed E-state index contributed by atoms with van der Waals surface area (Å²) in [6.07, 6.45) is 2.31. The number of nitriles is 1. The molecule has 8 nitrogen and oxygen atoms in total. The fraction of sp³-hybridized carbons (Fsp3) is 0.188. The molecule has 2 rings (SSSR count). The summed E-state index contributed by atoms with van der Waals surface area (Å²) in [7, 11) is -3.15. The summed E-state index contributed by atoms with van der Waals surface area (Å²) in [5.74, 6) is -4.27. The van der Waals surface area contributed by atoms with Crippen LogP contribution in [0, 0.1) is 11.3 Å². The van der Waals surface area contributed by atoms with Crippen LogP contribution >= 0.6 is 11.6 Å². The van der Waals surface area contributed by atoms with E-state index in [1.165, 1.54) is 25.4 Å². The number of sulfonamides is 1. The molecule has 0 aliphatic heterocycles. The molecule has 0 unspecified atom stereocenters. The normalized spacial score (nSPS) is 11.6. The number of alkyl halides is 2. The molecule has 0 aliphatic rings. The maximum atomic E-state index is 13.2. The predicted molar refractivity (Wildman–Crippen MR) is 97.4 cm³/mol. The summed E-state index contributed by atoms with van der Waals surface area (Å²) in [5, 5.41) is 10.8. The van der Waals surface area contributed by atoms with Crippen molar-refractivity contribution in [1.82, 2.24) is 14.3 Å². The van der Waals surface area contributed by atoms with Crippen LogP contribution in [-0.2, 0) is 17.1 Å². The zero-order valence-electron chi connectivity index (χ0n) is 14.6. The summed E-state index contributed by atoms with van der Waals surface area (Å²) < 4.78 is 53.9. The second kappa shape index (κ2) is 7.57. The largest absolute Gasteiger partial charge is 0.344 e. The van der Waals surface area contributed by atoms with E-state index in [-0.39, 0.29) is 17.1 Å². The Labute approximate surface area is 164 Å². The Hall–Kier alpha value is -2.97. The fourth-order valence-electron chi connectivity index (χ4n) is 2.08. The van der Waals surface area contributed by atoms with Crippen LogP contribution in [0.4, 0.5) is 14.5 Å². The minimum Gasteiger partial charge on any atom is -0.344 e. The lowest BCUT2D eigenvalue weighted by Crippen LogP contribution is -2.31. The quantitative estimate of drug-likeness (QED) is 0.732. The van der Waals surface area contributed by atoms with Crippen molar-refractivity contribution in [1.29, 1.82) is 5.26 Å². The van der Waals surface area contributed by atoms with Crippen LogP contribution in [0.2, 0.25) is 5.02 Å². The molecule has 0 atom stereocenters. The van der Waals surface area contributed by atoms with Crippen LogP contribution in [0.5, 0.6) is 0 Å². The van der Waals surface area contributed by atoms with Gasteiger partial charge in [0.15, 0.2) is 0 Å². The molecular weight excluding hydrogens is 416 g/mol. The van der Waals surface area contributed by atoms with E-state index in [1.54, 1.807) is 10.8 Å².